The lowest BCUT2D eigenvalue weighted by Gasteiger charge is -2.26. The molecule has 5 nitrogen and oxygen atoms in total. The van der Waals surface area contributed by atoms with E-state index in [4.69, 9.17) is 9.57 Å². The second kappa shape index (κ2) is 7.47. The predicted molar refractivity (Wildman–Crippen MR) is 90.2 cm³/mol. The van der Waals surface area contributed by atoms with Crippen LogP contribution < -0.4 is 5.06 Å². The van der Waals surface area contributed by atoms with Crippen molar-refractivity contribution in [3.63, 3.8) is 0 Å². The van der Waals surface area contributed by atoms with Crippen molar-refractivity contribution in [3.8, 4) is 0 Å². The van der Waals surface area contributed by atoms with Gasteiger partial charge in [0.05, 0.1) is 24.9 Å². The Morgan fingerprint density at radius 2 is 1.75 bits per heavy atom. The van der Waals surface area contributed by atoms with Crippen LogP contribution in [0.2, 0.25) is 0 Å². The number of ether oxygens (including phenoxy) is 1. The molecule has 0 aromatic heterocycles. The first-order valence-corrected chi connectivity index (χ1v) is 8.09. The van der Waals surface area contributed by atoms with E-state index in [2.05, 4.69) is 0 Å². The molecule has 0 saturated carbocycles. The third-order valence-corrected chi connectivity index (χ3v) is 4.16. The fourth-order valence-corrected chi connectivity index (χ4v) is 3.07. The van der Waals surface area contributed by atoms with Crippen LogP contribution in [0.5, 0.6) is 0 Å². The Hall–Kier alpha value is -2.37. The molecule has 1 saturated heterocycles. The molecule has 1 aliphatic rings. The number of hydrogen-bond donors (Lipinski definition) is 1. The van der Waals surface area contributed by atoms with Crippen LogP contribution in [0.15, 0.2) is 60.7 Å². The smallest absolute Gasteiger partial charge is 0.338 e. The van der Waals surface area contributed by atoms with Crippen molar-refractivity contribution in [1.29, 1.82) is 0 Å². The van der Waals surface area contributed by atoms with E-state index in [1.165, 1.54) is 0 Å². The van der Waals surface area contributed by atoms with Crippen molar-refractivity contribution in [2.75, 3.05) is 18.3 Å². The Morgan fingerprint density at radius 3 is 2.33 bits per heavy atom. The fraction of sp³-hybridized carbons (Fsp3) is 0.316. The van der Waals surface area contributed by atoms with Crippen LogP contribution in [0.3, 0.4) is 0 Å². The van der Waals surface area contributed by atoms with Crippen molar-refractivity contribution < 1.29 is 19.5 Å². The average Bonchev–Trinajstić information content (AvgIpc) is 3.03. The predicted octanol–water partition coefficient (Wildman–Crippen LogP) is 2.72. The molecule has 0 aliphatic carbocycles. The first-order valence-electron chi connectivity index (χ1n) is 8.09. The lowest BCUT2D eigenvalue weighted by molar-refractivity contribution is -0.157. The number of nitrogens with zero attached hydrogens (tertiary/aromatic N) is 1. The SMILES string of the molecule is CCOC(=O)[C@H]1ON(c2ccccc2)[C@@H](c2ccccc2)[C@@H]1CO. The number of anilines is 1. The minimum atomic E-state index is -0.833. The fourth-order valence-electron chi connectivity index (χ4n) is 3.07. The minimum Gasteiger partial charge on any atom is -0.464 e. The maximum Gasteiger partial charge on any atom is 0.338 e. The van der Waals surface area contributed by atoms with E-state index >= 15 is 0 Å². The van der Waals surface area contributed by atoms with E-state index in [1.807, 2.05) is 60.7 Å². The highest BCUT2D eigenvalue weighted by atomic mass is 16.7. The molecule has 1 N–H and O–H groups in total. The molecule has 3 rings (SSSR count). The van der Waals surface area contributed by atoms with Gasteiger partial charge in [-0.1, -0.05) is 48.5 Å². The molecular formula is C19H21NO4. The molecule has 0 radical (unpaired) electrons. The summed E-state index contributed by atoms with van der Waals surface area (Å²) < 4.78 is 5.12. The molecule has 3 atom stereocenters. The van der Waals surface area contributed by atoms with Crippen LogP contribution in [0, 0.1) is 5.92 Å². The number of aliphatic hydroxyl groups excluding tert-OH is 1. The Labute approximate surface area is 141 Å². The number of aliphatic hydroxyl groups is 1. The lowest BCUT2D eigenvalue weighted by atomic mass is 9.90. The first kappa shape index (κ1) is 16.5. The number of carbonyl (C=O) groups excluding carboxylic acids is 1. The van der Waals surface area contributed by atoms with Gasteiger partial charge in [-0.2, -0.15) is 0 Å². The van der Waals surface area contributed by atoms with Crippen molar-refractivity contribution in [2.45, 2.75) is 19.1 Å². The summed E-state index contributed by atoms with van der Waals surface area (Å²) in [4.78, 5) is 18.2. The number of esters is 1. The van der Waals surface area contributed by atoms with Gasteiger partial charge in [-0.15, -0.1) is 0 Å². The van der Waals surface area contributed by atoms with Gasteiger partial charge in [-0.25, -0.2) is 9.86 Å². The van der Waals surface area contributed by atoms with Crippen molar-refractivity contribution >= 4 is 11.7 Å². The zero-order chi connectivity index (χ0) is 16.9. The van der Waals surface area contributed by atoms with Crippen LogP contribution in [-0.2, 0) is 14.4 Å². The molecule has 5 heteroatoms. The van der Waals surface area contributed by atoms with Gasteiger partial charge in [-0.05, 0) is 24.6 Å². The number of hydroxylamine groups is 1. The van der Waals surface area contributed by atoms with Gasteiger partial charge in [0.1, 0.15) is 0 Å². The Balaban J connectivity index is 2.00. The van der Waals surface area contributed by atoms with Crippen molar-refractivity contribution in [3.05, 3.63) is 66.2 Å². The summed E-state index contributed by atoms with van der Waals surface area (Å²) in [6.45, 7) is 1.86. The molecule has 24 heavy (non-hydrogen) atoms. The molecule has 0 amide bonds. The summed E-state index contributed by atoms with van der Waals surface area (Å²) in [6.07, 6.45) is -0.833. The van der Waals surface area contributed by atoms with Gasteiger partial charge < -0.3 is 9.84 Å². The van der Waals surface area contributed by atoms with Crippen LogP contribution in [0.25, 0.3) is 0 Å². The van der Waals surface area contributed by atoms with Gasteiger partial charge in [0, 0.05) is 5.92 Å². The third kappa shape index (κ3) is 3.13. The third-order valence-electron chi connectivity index (χ3n) is 4.16. The number of hydrogen-bond acceptors (Lipinski definition) is 5. The van der Waals surface area contributed by atoms with Crippen molar-refractivity contribution in [2.24, 2.45) is 5.92 Å². The summed E-state index contributed by atoms with van der Waals surface area (Å²) in [6, 6.07) is 19.0. The van der Waals surface area contributed by atoms with Crippen LogP contribution in [0.4, 0.5) is 5.69 Å². The Kier molecular flexibility index (Phi) is 5.13. The molecule has 1 aliphatic heterocycles. The largest absolute Gasteiger partial charge is 0.464 e. The van der Waals surface area contributed by atoms with E-state index in [9.17, 15) is 9.90 Å². The zero-order valence-corrected chi connectivity index (χ0v) is 13.5. The Morgan fingerprint density at radius 1 is 1.12 bits per heavy atom. The van der Waals surface area contributed by atoms with Crippen LogP contribution in [0.1, 0.15) is 18.5 Å². The minimum absolute atomic E-state index is 0.174. The lowest BCUT2D eigenvalue weighted by Crippen LogP contribution is -2.32. The molecule has 126 valence electrons. The van der Waals surface area contributed by atoms with E-state index in [1.54, 1.807) is 12.0 Å². The average molecular weight is 327 g/mol. The van der Waals surface area contributed by atoms with Crippen LogP contribution >= 0.6 is 0 Å². The topological polar surface area (TPSA) is 59.0 Å². The Bertz CT molecular complexity index is 662. The number of benzene rings is 2. The summed E-state index contributed by atoms with van der Waals surface area (Å²) >= 11 is 0. The molecule has 2 aromatic rings. The molecule has 2 aromatic carbocycles. The van der Waals surface area contributed by atoms with Crippen LogP contribution in [-0.4, -0.2) is 30.4 Å². The first-order chi connectivity index (χ1) is 11.8. The number of para-hydroxylation sites is 1. The second-order valence-corrected chi connectivity index (χ2v) is 5.64. The zero-order valence-electron chi connectivity index (χ0n) is 13.5. The summed E-state index contributed by atoms with van der Waals surface area (Å²) in [5.74, 6) is -0.859. The van der Waals surface area contributed by atoms with Gasteiger partial charge >= 0.3 is 5.97 Å². The summed E-state index contributed by atoms with van der Waals surface area (Å²) in [5.41, 5.74) is 1.81. The highest BCUT2D eigenvalue weighted by Crippen LogP contribution is 2.42. The van der Waals surface area contributed by atoms with Gasteiger partial charge in [0.2, 0.25) is 0 Å². The molecule has 1 heterocycles. The van der Waals surface area contributed by atoms with E-state index in [0.29, 0.717) is 0 Å². The van der Waals surface area contributed by atoms with E-state index in [-0.39, 0.29) is 19.3 Å². The van der Waals surface area contributed by atoms with E-state index < -0.39 is 18.0 Å². The maximum absolute atomic E-state index is 12.3. The van der Waals surface area contributed by atoms with Gasteiger partial charge in [0.15, 0.2) is 6.10 Å². The number of carbonyl (C=O) groups is 1. The quantitative estimate of drug-likeness (QED) is 0.856. The van der Waals surface area contributed by atoms with Crippen molar-refractivity contribution in [1.82, 2.24) is 0 Å². The molecule has 1 fully saturated rings. The standard InChI is InChI=1S/C19H21NO4/c1-2-23-19(22)18-16(13-21)17(14-9-5-3-6-10-14)20(24-18)15-11-7-4-8-12-15/h3-12,16-18,21H,2,13H2,1H3/t16-,17-,18-/m0/s1. The molecule has 0 bridgehead atoms. The number of rotatable bonds is 5. The highest BCUT2D eigenvalue weighted by Gasteiger charge is 2.48. The van der Waals surface area contributed by atoms with E-state index in [0.717, 1.165) is 11.3 Å². The molecular weight excluding hydrogens is 306 g/mol. The van der Waals surface area contributed by atoms with Gasteiger partial charge in [-0.3, -0.25) is 4.84 Å². The second-order valence-electron chi connectivity index (χ2n) is 5.64. The van der Waals surface area contributed by atoms with Gasteiger partial charge in [0.25, 0.3) is 0 Å². The monoisotopic (exact) mass is 327 g/mol. The highest BCUT2D eigenvalue weighted by molar-refractivity contribution is 5.76. The summed E-state index contributed by atoms with van der Waals surface area (Å²) in [5, 5.41) is 11.6. The summed E-state index contributed by atoms with van der Waals surface area (Å²) in [7, 11) is 0. The molecule has 0 unspecified atom stereocenters. The normalized spacial score (nSPS) is 23.2. The maximum atomic E-state index is 12.3. The molecule has 0 spiro atoms.